The maximum absolute atomic E-state index is 11.4. The minimum Gasteiger partial charge on any atom is -0.506 e. The first-order valence-electron chi connectivity index (χ1n) is 4.26. The first-order chi connectivity index (χ1) is 6.74. The number of hydrogen-bond donors (Lipinski definition) is 3. The summed E-state index contributed by atoms with van der Waals surface area (Å²) in [5, 5.41) is 10.2. The van der Waals surface area contributed by atoms with E-state index >= 15 is 0 Å². The van der Waals surface area contributed by atoms with Gasteiger partial charge >= 0.3 is 0 Å². The van der Waals surface area contributed by atoms with Crippen molar-refractivity contribution >= 4 is 16.7 Å². The highest BCUT2D eigenvalue weighted by Gasteiger charge is 2.10. The van der Waals surface area contributed by atoms with Gasteiger partial charge in [-0.3, -0.25) is 4.79 Å². The van der Waals surface area contributed by atoms with Crippen molar-refractivity contribution in [3.05, 3.63) is 30.0 Å². The second-order valence-electron chi connectivity index (χ2n) is 3.03. The number of benzene rings is 1. The summed E-state index contributed by atoms with van der Waals surface area (Å²) in [6.07, 6.45) is 1.68. The maximum Gasteiger partial charge on any atom is 0.177 e. The predicted octanol–water partition coefficient (Wildman–Crippen LogP) is 1.01. The average molecular weight is 190 g/mol. The largest absolute Gasteiger partial charge is 0.506 e. The highest BCUT2D eigenvalue weighted by Crippen LogP contribution is 2.26. The number of phenolic OH excluding ortho intramolecular Hbond substituents is 1. The smallest absolute Gasteiger partial charge is 0.177 e. The van der Waals surface area contributed by atoms with Crippen LogP contribution in [0.2, 0.25) is 0 Å². The Kier molecular flexibility index (Phi) is 1.98. The molecule has 0 saturated carbocycles. The fraction of sp³-hybridized carbons (Fsp3) is 0.100. The second kappa shape index (κ2) is 3.16. The van der Waals surface area contributed by atoms with E-state index < -0.39 is 0 Å². The van der Waals surface area contributed by atoms with Crippen molar-refractivity contribution in [2.24, 2.45) is 5.73 Å². The third-order valence-electron chi connectivity index (χ3n) is 2.19. The van der Waals surface area contributed by atoms with Crippen LogP contribution in [-0.2, 0) is 0 Å². The van der Waals surface area contributed by atoms with Crippen molar-refractivity contribution in [1.82, 2.24) is 4.98 Å². The first kappa shape index (κ1) is 8.77. The summed E-state index contributed by atoms with van der Waals surface area (Å²) in [4.78, 5) is 14.3. The Labute approximate surface area is 80.3 Å². The predicted molar refractivity (Wildman–Crippen MR) is 53.3 cm³/mol. The molecule has 0 unspecified atom stereocenters. The normalized spacial score (nSPS) is 10.6. The number of fused-ring (bicyclic) bond motifs is 1. The van der Waals surface area contributed by atoms with Crippen LogP contribution in [0.15, 0.2) is 24.4 Å². The Bertz CT molecular complexity index is 488. The zero-order valence-corrected chi connectivity index (χ0v) is 7.45. The molecular weight excluding hydrogens is 180 g/mol. The van der Waals surface area contributed by atoms with Crippen LogP contribution < -0.4 is 5.73 Å². The topological polar surface area (TPSA) is 79.1 Å². The van der Waals surface area contributed by atoms with Gasteiger partial charge in [0.05, 0.1) is 12.1 Å². The monoisotopic (exact) mass is 190 g/mol. The minimum atomic E-state index is -0.130. The number of carbonyl (C=O) groups excluding carboxylic acids is 1. The number of aromatic nitrogens is 1. The molecule has 2 aromatic rings. The van der Waals surface area contributed by atoms with Crippen LogP contribution in [-0.4, -0.2) is 22.4 Å². The van der Waals surface area contributed by atoms with Gasteiger partial charge in [-0.2, -0.15) is 0 Å². The van der Waals surface area contributed by atoms with Gasteiger partial charge in [0.1, 0.15) is 5.75 Å². The lowest BCUT2D eigenvalue weighted by Gasteiger charge is -2.01. The van der Waals surface area contributed by atoms with Crippen LogP contribution in [0.1, 0.15) is 10.4 Å². The van der Waals surface area contributed by atoms with Crippen LogP contribution in [0.4, 0.5) is 0 Å². The lowest BCUT2D eigenvalue weighted by atomic mass is 10.1. The van der Waals surface area contributed by atoms with Crippen LogP contribution >= 0.6 is 0 Å². The molecule has 4 N–H and O–H groups in total. The van der Waals surface area contributed by atoms with E-state index in [0.717, 1.165) is 0 Å². The Balaban J connectivity index is 2.72. The fourth-order valence-electron chi connectivity index (χ4n) is 1.49. The van der Waals surface area contributed by atoms with Gasteiger partial charge in [0.2, 0.25) is 0 Å². The maximum atomic E-state index is 11.4. The highest BCUT2D eigenvalue weighted by atomic mass is 16.3. The molecule has 4 heteroatoms. The number of carbonyl (C=O) groups is 1. The van der Waals surface area contributed by atoms with Crippen molar-refractivity contribution < 1.29 is 9.90 Å². The number of Topliss-reactive ketones (excluding diaryl/α,β-unsaturated/α-hetero) is 1. The van der Waals surface area contributed by atoms with E-state index in [2.05, 4.69) is 4.98 Å². The zero-order valence-electron chi connectivity index (χ0n) is 7.45. The van der Waals surface area contributed by atoms with Gasteiger partial charge in [0.15, 0.2) is 5.78 Å². The summed E-state index contributed by atoms with van der Waals surface area (Å²) >= 11 is 0. The molecular formula is C10H10N2O2. The number of phenols is 1. The van der Waals surface area contributed by atoms with Crippen LogP contribution in [0.25, 0.3) is 10.9 Å². The van der Waals surface area contributed by atoms with Gasteiger partial charge in [-0.1, -0.05) is 0 Å². The molecule has 1 aromatic heterocycles. The molecule has 0 fully saturated rings. The molecule has 0 aliphatic carbocycles. The Morgan fingerprint density at radius 1 is 1.43 bits per heavy atom. The van der Waals surface area contributed by atoms with Gasteiger partial charge in [-0.15, -0.1) is 0 Å². The molecule has 0 saturated heterocycles. The van der Waals surface area contributed by atoms with E-state index in [4.69, 9.17) is 5.73 Å². The van der Waals surface area contributed by atoms with Crippen molar-refractivity contribution in [1.29, 1.82) is 0 Å². The van der Waals surface area contributed by atoms with E-state index in [9.17, 15) is 9.90 Å². The molecule has 0 radical (unpaired) electrons. The van der Waals surface area contributed by atoms with E-state index in [-0.39, 0.29) is 18.1 Å². The summed E-state index contributed by atoms with van der Waals surface area (Å²) in [7, 11) is 0. The average Bonchev–Trinajstić information content (AvgIpc) is 2.67. The van der Waals surface area contributed by atoms with Gasteiger partial charge in [-0.25, -0.2) is 0 Å². The summed E-state index contributed by atoms with van der Waals surface area (Å²) < 4.78 is 0. The molecule has 1 heterocycles. The lowest BCUT2D eigenvalue weighted by Crippen LogP contribution is -2.13. The Morgan fingerprint density at radius 3 is 2.93 bits per heavy atom. The number of nitrogens with one attached hydrogen (secondary N) is 1. The lowest BCUT2D eigenvalue weighted by molar-refractivity contribution is 0.100. The SMILES string of the molecule is NCC(=O)c1ccc(O)c2[nH]ccc12. The van der Waals surface area contributed by atoms with Crippen molar-refractivity contribution in [2.75, 3.05) is 6.54 Å². The van der Waals surface area contributed by atoms with Crippen LogP contribution in [0.3, 0.4) is 0 Å². The molecule has 72 valence electrons. The quantitative estimate of drug-likeness (QED) is 0.618. The molecule has 1 aromatic carbocycles. The van der Waals surface area contributed by atoms with Crippen LogP contribution in [0.5, 0.6) is 5.75 Å². The minimum absolute atomic E-state index is 0.0228. The molecule has 2 rings (SSSR count). The van der Waals surface area contributed by atoms with Gasteiger partial charge in [0, 0.05) is 17.1 Å². The summed E-state index contributed by atoms with van der Waals surface area (Å²) in [5.41, 5.74) is 6.40. The van der Waals surface area contributed by atoms with Gasteiger partial charge in [0.25, 0.3) is 0 Å². The third kappa shape index (κ3) is 1.16. The first-order valence-corrected chi connectivity index (χ1v) is 4.26. The molecule has 0 amide bonds. The zero-order chi connectivity index (χ0) is 10.1. The Morgan fingerprint density at radius 2 is 2.21 bits per heavy atom. The molecule has 0 bridgehead atoms. The number of ketones is 1. The van der Waals surface area contributed by atoms with Crippen molar-refractivity contribution in [3.8, 4) is 5.75 Å². The number of aromatic hydroxyl groups is 1. The van der Waals surface area contributed by atoms with Crippen molar-refractivity contribution in [3.63, 3.8) is 0 Å². The standard InChI is InChI=1S/C10H10N2O2/c11-5-9(14)6-1-2-8(13)10-7(6)3-4-12-10/h1-4,12-13H,5,11H2. The highest BCUT2D eigenvalue weighted by molar-refractivity contribution is 6.09. The van der Waals surface area contributed by atoms with Crippen LogP contribution in [0, 0.1) is 0 Å². The van der Waals surface area contributed by atoms with E-state index in [0.29, 0.717) is 16.5 Å². The molecule has 14 heavy (non-hydrogen) atoms. The summed E-state index contributed by atoms with van der Waals surface area (Å²) in [6.45, 7) is -0.0228. The molecule has 0 atom stereocenters. The van der Waals surface area contributed by atoms with E-state index in [1.807, 2.05) is 0 Å². The number of rotatable bonds is 2. The number of aromatic amines is 1. The summed E-state index contributed by atoms with van der Waals surface area (Å²) in [6, 6.07) is 4.82. The second-order valence-corrected chi connectivity index (χ2v) is 3.03. The van der Waals surface area contributed by atoms with E-state index in [1.54, 1.807) is 18.3 Å². The Hall–Kier alpha value is -1.81. The molecule has 0 aliphatic rings. The molecule has 0 aliphatic heterocycles. The van der Waals surface area contributed by atoms with E-state index in [1.165, 1.54) is 6.07 Å². The van der Waals surface area contributed by atoms with Gasteiger partial charge < -0.3 is 15.8 Å². The summed E-state index contributed by atoms with van der Waals surface area (Å²) in [5.74, 6) is 0.00757. The number of nitrogens with two attached hydrogens (primary N) is 1. The van der Waals surface area contributed by atoms with Crippen molar-refractivity contribution in [2.45, 2.75) is 0 Å². The third-order valence-corrected chi connectivity index (χ3v) is 2.19. The van der Waals surface area contributed by atoms with Gasteiger partial charge in [-0.05, 0) is 18.2 Å². The molecule has 4 nitrogen and oxygen atoms in total. The number of H-pyrrole nitrogens is 1. The number of hydrogen-bond acceptors (Lipinski definition) is 3. The fourth-order valence-corrected chi connectivity index (χ4v) is 1.49. The molecule has 0 spiro atoms.